The Morgan fingerprint density at radius 1 is 1.28 bits per heavy atom. The van der Waals surface area contributed by atoms with E-state index in [0.717, 1.165) is 29.7 Å². The van der Waals surface area contributed by atoms with E-state index in [1.54, 1.807) is 7.11 Å². The number of nitrogens with zero attached hydrogens (tertiary/aromatic N) is 1. The largest absolute Gasteiger partial charge is 0.497 e. The van der Waals surface area contributed by atoms with Crippen LogP contribution >= 0.6 is 0 Å². The average molecular weight is 244 g/mol. The molecule has 2 rings (SSSR count). The van der Waals surface area contributed by atoms with Gasteiger partial charge in [-0.1, -0.05) is 0 Å². The van der Waals surface area contributed by atoms with Gasteiger partial charge in [0, 0.05) is 22.8 Å². The van der Waals surface area contributed by atoms with Crippen LogP contribution in [0.5, 0.6) is 5.75 Å². The highest BCUT2D eigenvalue weighted by Crippen LogP contribution is 2.24. The fraction of sp³-hybridized carbons (Fsp3) is 0.400. The highest BCUT2D eigenvalue weighted by Gasteiger charge is 2.12. The third kappa shape index (κ3) is 2.99. The normalized spacial score (nSPS) is 11.8. The molecule has 0 aliphatic rings. The molecule has 0 fully saturated rings. The fourth-order valence-electron chi connectivity index (χ4n) is 1.99. The van der Waals surface area contributed by atoms with E-state index in [4.69, 9.17) is 10.5 Å². The van der Waals surface area contributed by atoms with Crippen molar-refractivity contribution in [3.8, 4) is 5.75 Å². The third-order valence-electron chi connectivity index (χ3n) is 3.06. The highest BCUT2D eigenvalue weighted by atomic mass is 16.5. The van der Waals surface area contributed by atoms with E-state index in [9.17, 15) is 0 Å². The molecular weight excluding hydrogens is 224 g/mol. The van der Waals surface area contributed by atoms with Crippen molar-refractivity contribution < 1.29 is 4.74 Å². The number of pyridine rings is 1. The van der Waals surface area contributed by atoms with E-state index in [2.05, 4.69) is 11.1 Å². The minimum atomic E-state index is -0.156. The van der Waals surface area contributed by atoms with E-state index in [1.807, 2.05) is 38.2 Å². The zero-order valence-electron chi connectivity index (χ0n) is 11.2. The molecule has 1 aromatic carbocycles. The molecule has 0 saturated heterocycles. The van der Waals surface area contributed by atoms with Gasteiger partial charge in [-0.2, -0.15) is 0 Å². The van der Waals surface area contributed by atoms with Crippen molar-refractivity contribution in [2.75, 3.05) is 7.11 Å². The van der Waals surface area contributed by atoms with Gasteiger partial charge in [-0.25, -0.2) is 0 Å². The molecular formula is C15H20N2O. The summed E-state index contributed by atoms with van der Waals surface area (Å²) in [6, 6.07) is 8.09. The summed E-state index contributed by atoms with van der Waals surface area (Å²) >= 11 is 0. The van der Waals surface area contributed by atoms with Crippen molar-refractivity contribution in [2.45, 2.75) is 32.2 Å². The zero-order chi connectivity index (χ0) is 13.2. The Labute approximate surface area is 108 Å². The van der Waals surface area contributed by atoms with E-state index < -0.39 is 0 Å². The van der Waals surface area contributed by atoms with E-state index in [1.165, 1.54) is 5.39 Å². The van der Waals surface area contributed by atoms with E-state index >= 15 is 0 Å². The first-order valence-electron chi connectivity index (χ1n) is 6.20. The standard InChI is InChI=1S/C15H20N2O/c1-15(2,16)8-6-14-13-5-4-12(18-3)10-11(13)7-9-17-14/h4-5,7,9-10H,6,8,16H2,1-3H3. The second-order valence-electron chi connectivity index (χ2n) is 5.33. The van der Waals surface area contributed by atoms with Crippen LogP contribution in [0, 0.1) is 0 Å². The van der Waals surface area contributed by atoms with Gasteiger partial charge in [0.05, 0.1) is 7.11 Å². The summed E-state index contributed by atoms with van der Waals surface area (Å²) in [5, 5.41) is 2.34. The Bertz CT molecular complexity index is 544. The quantitative estimate of drug-likeness (QED) is 0.899. The van der Waals surface area contributed by atoms with Crippen LogP contribution in [0.2, 0.25) is 0 Å². The van der Waals surface area contributed by atoms with Crippen LogP contribution in [0.3, 0.4) is 0 Å². The van der Waals surface area contributed by atoms with Crippen molar-refractivity contribution in [3.05, 3.63) is 36.2 Å². The molecule has 2 aromatic rings. The van der Waals surface area contributed by atoms with Gasteiger partial charge >= 0.3 is 0 Å². The predicted molar refractivity (Wildman–Crippen MR) is 74.9 cm³/mol. The first kappa shape index (κ1) is 12.8. The molecule has 0 radical (unpaired) electrons. The van der Waals surface area contributed by atoms with Crippen LogP contribution in [0.1, 0.15) is 26.0 Å². The number of ether oxygens (including phenoxy) is 1. The predicted octanol–water partition coefficient (Wildman–Crippen LogP) is 2.91. The Kier molecular flexibility index (Phi) is 3.53. The third-order valence-corrected chi connectivity index (χ3v) is 3.06. The molecule has 3 heteroatoms. The minimum absolute atomic E-state index is 0.156. The van der Waals surface area contributed by atoms with Crippen LogP contribution < -0.4 is 10.5 Å². The topological polar surface area (TPSA) is 48.1 Å². The number of benzene rings is 1. The maximum Gasteiger partial charge on any atom is 0.119 e. The molecule has 0 aliphatic carbocycles. The molecule has 0 bridgehead atoms. The maximum absolute atomic E-state index is 6.03. The van der Waals surface area contributed by atoms with Gasteiger partial charge < -0.3 is 10.5 Å². The molecule has 2 N–H and O–H groups in total. The SMILES string of the molecule is COc1ccc2c(CCC(C)(C)N)nccc2c1. The Morgan fingerprint density at radius 2 is 2.06 bits per heavy atom. The van der Waals surface area contributed by atoms with Gasteiger partial charge in [0.2, 0.25) is 0 Å². The smallest absolute Gasteiger partial charge is 0.119 e. The monoisotopic (exact) mass is 244 g/mol. The molecule has 0 saturated carbocycles. The van der Waals surface area contributed by atoms with Crippen molar-refractivity contribution in [1.29, 1.82) is 0 Å². The number of aromatic nitrogens is 1. The molecule has 0 amide bonds. The Hall–Kier alpha value is -1.61. The summed E-state index contributed by atoms with van der Waals surface area (Å²) in [4.78, 5) is 4.47. The number of hydrogen-bond donors (Lipinski definition) is 1. The molecule has 96 valence electrons. The molecule has 0 aliphatic heterocycles. The highest BCUT2D eigenvalue weighted by molar-refractivity contribution is 5.85. The summed E-state index contributed by atoms with van der Waals surface area (Å²) in [5.41, 5.74) is 6.97. The summed E-state index contributed by atoms with van der Waals surface area (Å²) in [6.45, 7) is 4.09. The molecule has 0 atom stereocenters. The minimum Gasteiger partial charge on any atom is -0.497 e. The maximum atomic E-state index is 6.03. The molecule has 1 aromatic heterocycles. The average Bonchev–Trinajstić information content (AvgIpc) is 2.34. The zero-order valence-corrected chi connectivity index (χ0v) is 11.2. The second-order valence-corrected chi connectivity index (χ2v) is 5.33. The van der Waals surface area contributed by atoms with E-state index in [0.29, 0.717) is 0 Å². The number of hydrogen-bond acceptors (Lipinski definition) is 3. The van der Waals surface area contributed by atoms with Crippen molar-refractivity contribution >= 4 is 10.8 Å². The van der Waals surface area contributed by atoms with Gasteiger partial charge in [0.1, 0.15) is 5.75 Å². The number of aryl methyl sites for hydroxylation is 1. The molecule has 3 nitrogen and oxygen atoms in total. The number of rotatable bonds is 4. The lowest BCUT2D eigenvalue weighted by Crippen LogP contribution is -2.32. The first-order chi connectivity index (χ1) is 8.49. The van der Waals surface area contributed by atoms with Crippen LogP contribution in [-0.2, 0) is 6.42 Å². The van der Waals surface area contributed by atoms with Gasteiger partial charge in [-0.05, 0) is 56.3 Å². The van der Waals surface area contributed by atoms with Crippen LogP contribution in [0.15, 0.2) is 30.5 Å². The second kappa shape index (κ2) is 4.94. The summed E-state index contributed by atoms with van der Waals surface area (Å²) in [5.74, 6) is 0.874. The van der Waals surface area contributed by atoms with Crippen molar-refractivity contribution in [1.82, 2.24) is 4.98 Å². The van der Waals surface area contributed by atoms with Gasteiger partial charge in [0.25, 0.3) is 0 Å². The Balaban J connectivity index is 2.34. The van der Waals surface area contributed by atoms with E-state index in [-0.39, 0.29) is 5.54 Å². The summed E-state index contributed by atoms with van der Waals surface area (Å²) in [6.07, 6.45) is 3.67. The summed E-state index contributed by atoms with van der Waals surface area (Å²) < 4.78 is 5.24. The van der Waals surface area contributed by atoms with Crippen LogP contribution in [0.4, 0.5) is 0 Å². The fourth-order valence-corrected chi connectivity index (χ4v) is 1.99. The van der Waals surface area contributed by atoms with Crippen LogP contribution in [-0.4, -0.2) is 17.6 Å². The van der Waals surface area contributed by atoms with Gasteiger partial charge in [-0.15, -0.1) is 0 Å². The molecule has 0 spiro atoms. The van der Waals surface area contributed by atoms with Gasteiger partial charge in [-0.3, -0.25) is 4.98 Å². The first-order valence-corrected chi connectivity index (χ1v) is 6.20. The van der Waals surface area contributed by atoms with Crippen LogP contribution in [0.25, 0.3) is 10.8 Å². The Morgan fingerprint density at radius 3 is 2.72 bits per heavy atom. The summed E-state index contributed by atoms with van der Waals surface area (Å²) in [7, 11) is 1.68. The van der Waals surface area contributed by atoms with Gasteiger partial charge in [0.15, 0.2) is 0 Å². The number of methoxy groups -OCH3 is 1. The van der Waals surface area contributed by atoms with Crippen molar-refractivity contribution in [3.63, 3.8) is 0 Å². The lowest BCUT2D eigenvalue weighted by atomic mass is 9.97. The lowest BCUT2D eigenvalue weighted by molar-refractivity contribution is 0.415. The molecule has 0 unspecified atom stereocenters. The molecule has 1 heterocycles. The van der Waals surface area contributed by atoms with Crippen molar-refractivity contribution in [2.24, 2.45) is 5.73 Å². The molecule has 18 heavy (non-hydrogen) atoms. The lowest BCUT2D eigenvalue weighted by Gasteiger charge is -2.18. The number of nitrogens with two attached hydrogens (primary N) is 1. The number of fused-ring (bicyclic) bond motifs is 1.